The Labute approximate surface area is 116 Å². The fourth-order valence-electron chi connectivity index (χ4n) is 2.08. The second-order valence-electron chi connectivity index (χ2n) is 4.89. The lowest BCUT2D eigenvalue weighted by Crippen LogP contribution is -2.21. The van der Waals surface area contributed by atoms with Crippen molar-refractivity contribution >= 4 is 15.7 Å². The van der Waals surface area contributed by atoms with Crippen molar-refractivity contribution in [3.8, 4) is 0 Å². The van der Waals surface area contributed by atoms with E-state index in [-0.39, 0.29) is 4.90 Å². The van der Waals surface area contributed by atoms with Gasteiger partial charge in [-0.2, -0.15) is 0 Å². The molecule has 1 aromatic heterocycles. The standard InChI is InChI=1S/C14H24N2O2S/c1-4-6-9-12(8-5-2)16-14-13(19(3,17)18)10-7-11-15-14/h7,10-12H,4-6,8-9H2,1-3H3,(H,15,16). The van der Waals surface area contributed by atoms with Gasteiger partial charge in [0.05, 0.1) is 0 Å². The maximum absolute atomic E-state index is 11.7. The number of anilines is 1. The molecular formula is C14H24N2O2S. The SMILES string of the molecule is CCCCC(CCC)Nc1ncccc1S(C)(=O)=O. The average molecular weight is 284 g/mol. The molecule has 0 saturated heterocycles. The molecule has 0 radical (unpaired) electrons. The highest BCUT2D eigenvalue weighted by Gasteiger charge is 2.16. The van der Waals surface area contributed by atoms with E-state index in [4.69, 9.17) is 0 Å². The molecule has 1 unspecified atom stereocenters. The third kappa shape index (κ3) is 5.19. The highest BCUT2D eigenvalue weighted by Crippen LogP contribution is 2.21. The van der Waals surface area contributed by atoms with Gasteiger partial charge in [0, 0.05) is 18.5 Å². The van der Waals surface area contributed by atoms with Crippen LogP contribution < -0.4 is 5.32 Å². The van der Waals surface area contributed by atoms with E-state index in [0.29, 0.717) is 11.9 Å². The molecular weight excluding hydrogens is 260 g/mol. The molecule has 0 aromatic carbocycles. The summed E-state index contributed by atoms with van der Waals surface area (Å²) in [4.78, 5) is 4.47. The molecule has 0 amide bonds. The fraction of sp³-hybridized carbons (Fsp3) is 0.643. The zero-order valence-corrected chi connectivity index (χ0v) is 12.8. The second-order valence-corrected chi connectivity index (χ2v) is 6.88. The van der Waals surface area contributed by atoms with Crippen LogP contribution in [0.15, 0.2) is 23.2 Å². The smallest absolute Gasteiger partial charge is 0.179 e. The first-order valence-corrected chi connectivity index (χ1v) is 8.79. The van der Waals surface area contributed by atoms with Gasteiger partial charge in [0.25, 0.3) is 0 Å². The number of sulfone groups is 1. The number of hydrogen-bond acceptors (Lipinski definition) is 4. The Bertz CT molecular complexity index is 486. The van der Waals surface area contributed by atoms with Crippen LogP contribution in [-0.2, 0) is 9.84 Å². The van der Waals surface area contributed by atoms with Crippen molar-refractivity contribution in [2.75, 3.05) is 11.6 Å². The van der Waals surface area contributed by atoms with E-state index in [1.54, 1.807) is 18.3 Å². The molecule has 1 atom stereocenters. The number of nitrogens with one attached hydrogen (secondary N) is 1. The van der Waals surface area contributed by atoms with Gasteiger partial charge in [-0.3, -0.25) is 0 Å². The van der Waals surface area contributed by atoms with Gasteiger partial charge in [0.15, 0.2) is 9.84 Å². The number of unbranched alkanes of at least 4 members (excludes halogenated alkanes) is 1. The summed E-state index contributed by atoms with van der Waals surface area (Å²) >= 11 is 0. The van der Waals surface area contributed by atoms with Gasteiger partial charge in [0.2, 0.25) is 0 Å². The number of aromatic nitrogens is 1. The molecule has 0 aliphatic heterocycles. The Morgan fingerprint density at radius 2 is 2.00 bits per heavy atom. The van der Waals surface area contributed by atoms with E-state index in [9.17, 15) is 8.42 Å². The lowest BCUT2D eigenvalue weighted by Gasteiger charge is -2.19. The monoisotopic (exact) mass is 284 g/mol. The first-order chi connectivity index (χ1) is 8.99. The van der Waals surface area contributed by atoms with Crippen LogP contribution in [0, 0.1) is 0 Å². The van der Waals surface area contributed by atoms with Gasteiger partial charge in [-0.25, -0.2) is 13.4 Å². The minimum absolute atomic E-state index is 0.285. The molecule has 0 saturated carbocycles. The Morgan fingerprint density at radius 1 is 1.26 bits per heavy atom. The maximum atomic E-state index is 11.7. The molecule has 0 fully saturated rings. The molecule has 0 aliphatic carbocycles. The zero-order valence-electron chi connectivity index (χ0n) is 12.0. The van der Waals surface area contributed by atoms with Gasteiger partial charge in [-0.05, 0) is 25.0 Å². The van der Waals surface area contributed by atoms with Crippen molar-refractivity contribution < 1.29 is 8.42 Å². The van der Waals surface area contributed by atoms with Crippen molar-refractivity contribution in [3.05, 3.63) is 18.3 Å². The van der Waals surface area contributed by atoms with Crippen LogP contribution in [0.2, 0.25) is 0 Å². The Kier molecular flexibility index (Phi) is 6.28. The minimum Gasteiger partial charge on any atom is -0.366 e. The molecule has 1 aromatic rings. The van der Waals surface area contributed by atoms with E-state index >= 15 is 0 Å². The van der Waals surface area contributed by atoms with E-state index in [1.807, 2.05) is 0 Å². The van der Waals surface area contributed by atoms with Gasteiger partial charge in [-0.1, -0.05) is 33.1 Å². The quantitative estimate of drug-likeness (QED) is 0.796. The number of nitrogens with zero attached hydrogens (tertiary/aromatic N) is 1. The van der Waals surface area contributed by atoms with Gasteiger partial charge < -0.3 is 5.32 Å². The molecule has 108 valence electrons. The molecule has 0 aliphatic rings. The topological polar surface area (TPSA) is 59.1 Å². The van der Waals surface area contributed by atoms with Gasteiger partial charge >= 0.3 is 0 Å². The van der Waals surface area contributed by atoms with Crippen LogP contribution in [0.4, 0.5) is 5.82 Å². The number of rotatable bonds is 8. The van der Waals surface area contributed by atoms with Gasteiger partial charge in [-0.15, -0.1) is 0 Å². The van der Waals surface area contributed by atoms with Gasteiger partial charge in [0.1, 0.15) is 10.7 Å². The first kappa shape index (κ1) is 16.0. The lowest BCUT2D eigenvalue weighted by atomic mass is 10.1. The second kappa shape index (κ2) is 7.48. The maximum Gasteiger partial charge on any atom is 0.179 e. The van der Waals surface area contributed by atoms with E-state index < -0.39 is 9.84 Å². The predicted molar refractivity (Wildman–Crippen MR) is 79.2 cm³/mol. The molecule has 1 N–H and O–H groups in total. The lowest BCUT2D eigenvalue weighted by molar-refractivity contribution is 0.560. The summed E-state index contributed by atoms with van der Waals surface area (Å²) < 4.78 is 23.5. The van der Waals surface area contributed by atoms with E-state index in [1.165, 1.54) is 6.26 Å². The van der Waals surface area contributed by atoms with Crippen molar-refractivity contribution in [1.29, 1.82) is 0 Å². The number of hydrogen-bond donors (Lipinski definition) is 1. The highest BCUT2D eigenvalue weighted by molar-refractivity contribution is 7.90. The summed E-state index contributed by atoms with van der Waals surface area (Å²) in [5.41, 5.74) is 0. The highest BCUT2D eigenvalue weighted by atomic mass is 32.2. The van der Waals surface area contributed by atoms with E-state index in [2.05, 4.69) is 24.1 Å². The summed E-state index contributed by atoms with van der Waals surface area (Å²) in [6.45, 7) is 4.29. The number of pyridine rings is 1. The fourth-order valence-corrected chi connectivity index (χ4v) is 2.87. The molecule has 19 heavy (non-hydrogen) atoms. The average Bonchev–Trinajstić information content (AvgIpc) is 2.35. The Morgan fingerprint density at radius 3 is 2.58 bits per heavy atom. The van der Waals surface area contributed by atoms with E-state index in [0.717, 1.165) is 32.1 Å². The summed E-state index contributed by atoms with van der Waals surface area (Å²) in [5, 5.41) is 3.30. The molecule has 4 nitrogen and oxygen atoms in total. The molecule has 5 heteroatoms. The predicted octanol–water partition coefficient (Wildman–Crippen LogP) is 3.26. The third-order valence-corrected chi connectivity index (χ3v) is 4.18. The van der Waals surface area contributed by atoms with Crippen molar-refractivity contribution in [2.45, 2.75) is 56.9 Å². The van der Waals surface area contributed by atoms with Crippen LogP contribution in [-0.4, -0.2) is 25.7 Å². The summed E-state index contributed by atoms with van der Waals surface area (Å²) in [5.74, 6) is 0.486. The van der Waals surface area contributed by atoms with Crippen molar-refractivity contribution in [1.82, 2.24) is 4.98 Å². The largest absolute Gasteiger partial charge is 0.366 e. The van der Waals surface area contributed by atoms with Crippen LogP contribution in [0.1, 0.15) is 46.0 Å². The van der Waals surface area contributed by atoms with Crippen LogP contribution in [0.3, 0.4) is 0 Å². The minimum atomic E-state index is -3.24. The van der Waals surface area contributed by atoms with Crippen LogP contribution in [0.25, 0.3) is 0 Å². The Balaban J connectivity index is 2.90. The molecule has 1 rings (SSSR count). The Hall–Kier alpha value is -1.10. The summed E-state index contributed by atoms with van der Waals surface area (Å²) in [7, 11) is -3.24. The molecule has 1 heterocycles. The van der Waals surface area contributed by atoms with Crippen LogP contribution in [0.5, 0.6) is 0 Å². The normalized spacial score (nSPS) is 13.2. The zero-order chi connectivity index (χ0) is 14.3. The third-order valence-electron chi connectivity index (χ3n) is 3.05. The van der Waals surface area contributed by atoms with Crippen molar-refractivity contribution in [2.24, 2.45) is 0 Å². The summed E-state index contributed by atoms with van der Waals surface area (Å²) in [6, 6.07) is 3.55. The van der Waals surface area contributed by atoms with Crippen molar-refractivity contribution in [3.63, 3.8) is 0 Å². The summed E-state index contributed by atoms with van der Waals surface area (Å²) in [6.07, 6.45) is 8.27. The molecule has 0 bridgehead atoms. The molecule has 0 spiro atoms. The first-order valence-electron chi connectivity index (χ1n) is 6.90. The van der Waals surface area contributed by atoms with Crippen LogP contribution >= 0.6 is 0 Å².